The second-order valence-corrected chi connectivity index (χ2v) is 7.02. The molecule has 0 radical (unpaired) electrons. The number of esters is 1. The first kappa shape index (κ1) is 20.2. The molecule has 0 unspecified atom stereocenters. The molecule has 0 fully saturated rings. The SMILES string of the molecule is COC(=O)c1cccc(S(=O)(=O)Nc2nc(Cl)c(C(F)(F)F)c(Cl)n2)c1. The number of sulfonamides is 1. The van der Waals surface area contributed by atoms with Crippen molar-refractivity contribution >= 4 is 45.1 Å². The lowest BCUT2D eigenvalue weighted by atomic mass is 10.2. The summed E-state index contributed by atoms with van der Waals surface area (Å²) in [6.07, 6.45) is -4.92. The van der Waals surface area contributed by atoms with Crippen molar-refractivity contribution in [2.24, 2.45) is 0 Å². The summed E-state index contributed by atoms with van der Waals surface area (Å²) in [5.74, 6) is -1.55. The Labute approximate surface area is 155 Å². The molecule has 1 aromatic carbocycles. The van der Waals surface area contributed by atoms with E-state index in [1.807, 2.05) is 4.72 Å². The zero-order chi connectivity index (χ0) is 19.7. The van der Waals surface area contributed by atoms with E-state index < -0.39 is 44.0 Å². The number of benzene rings is 1. The van der Waals surface area contributed by atoms with Gasteiger partial charge in [0.25, 0.3) is 10.0 Å². The van der Waals surface area contributed by atoms with Gasteiger partial charge in [-0.2, -0.15) is 23.1 Å². The minimum Gasteiger partial charge on any atom is -0.465 e. The number of methoxy groups -OCH3 is 1. The Kier molecular flexibility index (Phi) is 5.64. The van der Waals surface area contributed by atoms with E-state index in [9.17, 15) is 26.4 Å². The summed E-state index contributed by atoms with van der Waals surface area (Å²) in [7, 11) is -3.23. The lowest BCUT2D eigenvalue weighted by Crippen LogP contribution is -2.17. The molecule has 1 N–H and O–H groups in total. The van der Waals surface area contributed by atoms with Gasteiger partial charge in [-0.3, -0.25) is 0 Å². The standard InChI is InChI=1S/C13H8Cl2F3N3O4S/c1-25-11(22)6-3-2-4-7(5-6)26(23,24)21-12-19-9(14)8(10(15)20-12)13(16,17)18/h2-5H,1H3,(H,19,20,21). The highest BCUT2D eigenvalue weighted by atomic mass is 35.5. The number of ether oxygens (including phenoxy) is 1. The molecule has 0 aliphatic carbocycles. The van der Waals surface area contributed by atoms with Gasteiger partial charge >= 0.3 is 12.1 Å². The van der Waals surface area contributed by atoms with E-state index in [1.54, 1.807) is 0 Å². The zero-order valence-electron chi connectivity index (χ0n) is 12.6. The minimum atomic E-state index is -4.92. The first-order valence-electron chi connectivity index (χ1n) is 6.47. The Balaban J connectivity index is 2.40. The molecule has 2 rings (SSSR count). The van der Waals surface area contributed by atoms with Crippen molar-refractivity contribution in [3.8, 4) is 0 Å². The lowest BCUT2D eigenvalue weighted by molar-refractivity contribution is -0.137. The monoisotopic (exact) mass is 429 g/mol. The highest BCUT2D eigenvalue weighted by Gasteiger charge is 2.38. The molecule has 7 nitrogen and oxygen atoms in total. The van der Waals surface area contributed by atoms with Crippen LogP contribution in [0, 0.1) is 0 Å². The molecule has 26 heavy (non-hydrogen) atoms. The Bertz CT molecular complexity index is 944. The third-order valence-electron chi connectivity index (χ3n) is 2.90. The Morgan fingerprint density at radius 1 is 1.19 bits per heavy atom. The fourth-order valence-corrected chi connectivity index (χ4v) is 3.37. The van der Waals surface area contributed by atoms with Gasteiger partial charge in [0.05, 0.1) is 17.6 Å². The normalized spacial score (nSPS) is 11.9. The van der Waals surface area contributed by atoms with Crippen LogP contribution in [-0.2, 0) is 20.9 Å². The first-order valence-corrected chi connectivity index (χ1v) is 8.71. The molecular weight excluding hydrogens is 422 g/mol. The van der Waals surface area contributed by atoms with Crippen LogP contribution in [0.1, 0.15) is 15.9 Å². The summed E-state index contributed by atoms with van der Waals surface area (Å²) in [4.78, 5) is 17.6. The molecule has 0 saturated heterocycles. The summed E-state index contributed by atoms with van der Waals surface area (Å²) in [6, 6.07) is 4.73. The van der Waals surface area contributed by atoms with Gasteiger partial charge in [-0.1, -0.05) is 29.3 Å². The van der Waals surface area contributed by atoms with Crippen molar-refractivity contribution in [1.29, 1.82) is 0 Å². The Morgan fingerprint density at radius 3 is 2.27 bits per heavy atom. The molecule has 0 bridgehead atoms. The fourth-order valence-electron chi connectivity index (χ4n) is 1.77. The van der Waals surface area contributed by atoms with Crippen LogP contribution in [0.4, 0.5) is 19.1 Å². The van der Waals surface area contributed by atoms with Crippen molar-refractivity contribution in [3.63, 3.8) is 0 Å². The smallest absolute Gasteiger partial charge is 0.422 e. The average Bonchev–Trinajstić information content (AvgIpc) is 2.51. The van der Waals surface area contributed by atoms with Crippen molar-refractivity contribution in [1.82, 2.24) is 9.97 Å². The first-order chi connectivity index (χ1) is 12.0. The summed E-state index contributed by atoms with van der Waals surface area (Å²) in [6.45, 7) is 0. The Morgan fingerprint density at radius 2 is 1.77 bits per heavy atom. The van der Waals surface area contributed by atoms with Crippen LogP contribution in [0.3, 0.4) is 0 Å². The van der Waals surface area contributed by atoms with Crippen molar-refractivity contribution in [3.05, 3.63) is 45.7 Å². The Hall–Kier alpha value is -2.11. The van der Waals surface area contributed by atoms with Gasteiger partial charge in [-0.05, 0) is 18.2 Å². The largest absolute Gasteiger partial charge is 0.465 e. The number of carbonyl (C=O) groups excluding carboxylic acids is 1. The summed E-state index contributed by atoms with van der Waals surface area (Å²) < 4.78 is 69.3. The molecule has 0 saturated carbocycles. The second-order valence-electron chi connectivity index (χ2n) is 4.63. The topological polar surface area (TPSA) is 98.2 Å². The molecule has 0 aliphatic rings. The molecule has 0 amide bonds. The van der Waals surface area contributed by atoms with E-state index >= 15 is 0 Å². The van der Waals surface area contributed by atoms with Gasteiger partial charge in [0.2, 0.25) is 5.95 Å². The quantitative estimate of drug-likeness (QED) is 0.590. The number of nitrogens with zero attached hydrogens (tertiary/aromatic N) is 2. The summed E-state index contributed by atoms with van der Waals surface area (Å²) in [5, 5.41) is -2.14. The van der Waals surface area contributed by atoms with Crippen molar-refractivity contribution in [2.75, 3.05) is 11.8 Å². The van der Waals surface area contributed by atoms with Crippen LogP contribution in [0.2, 0.25) is 10.3 Å². The second kappa shape index (κ2) is 7.25. The van der Waals surface area contributed by atoms with Crippen LogP contribution in [-0.4, -0.2) is 31.5 Å². The minimum absolute atomic E-state index is 0.0558. The van der Waals surface area contributed by atoms with Gasteiger partial charge in [-0.25, -0.2) is 17.9 Å². The maximum absolute atomic E-state index is 12.8. The van der Waals surface area contributed by atoms with Gasteiger partial charge in [-0.15, -0.1) is 0 Å². The molecular formula is C13H8Cl2F3N3O4S. The molecule has 1 heterocycles. The highest BCUT2D eigenvalue weighted by molar-refractivity contribution is 7.92. The number of carbonyl (C=O) groups is 1. The average molecular weight is 430 g/mol. The molecule has 140 valence electrons. The van der Waals surface area contributed by atoms with Gasteiger partial charge < -0.3 is 4.74 Å². The van der Waals surface area contributed by atoms with E-state index in [0.29, 0.717) is 0 Å². The van der Waals surface area contributed by atoms with Gasteiger partial charge in [0, 0.05) is 0 Å². The molecule has 0 spiro atoms. The third-order valence-corrected chi connectivity index (χ3v) is 4.77. The molecule has 0 atom stereocenters. The lowest BCUT2D eigenvalue weighted by Gasteiger charge is -2.12. The number of halogens is 5. The molecule has 1 aromatic heterocycles. The predicted molar refractivity (Wildman–Crippen MR) is 85.6 cm³/mol. The number of nitrogens with one attached hydrogen (secondary N) is 1. The van der Waals surface area contributed by atoms with E-state index in [2.05, 4.69) is 14.7 Å². The van der Waals surface area contributed by atoms with E-state index in [-0.39, 0.29) is 10.5 Å². The molecule has 13 heteroatoms. The number of hydrogen-bond donors (Lipinski definition) is 1. The van der Waals surface area contributed by atoms with Crippen LogP contribution in [0.25, 0.3) is 0 Å². The number of hydrogen-bond acceptors (Lipinski definition) is 6. The van der Waals surface area contributed by atoms with Crippen LogP contribution >= 0.6 is 23.2 Å². The van der Waals surface area contributed by atoms with Gasteiger partial charge in [0.1, 0.15) is 15.9 Å². The summed E-state index contributed by atoms with van der Waals surface area (Å²) in [5.41, 5.74) is -1.55. The predicted octanol–water partition coefficient (Wildman–Crippen LogP) is 3.39. The zero-order valence-corrected chi connectivity index (χ0v) is 15.0. The van der Waals surface area contributed by atoms with E-state index in [1.165, 1.54) is 12.1 Å². The number of aromatic nitrogens is 2. The van der Waals surface area contributed by atoms with Crippen LogP contribution < -0.4 is 4.72 Å². The van der Waals surface area contributed by atoms with Gasteiger partial charge in [0.15, 0.2) is 0 Å². The number of rotatable bonds is 4. The van der Waals surface area contributed by atoms with Crippen molar-refractivity contribution in [2.45, 2.75) is 11.1 Å². The molecule has 0 aliphatic heterocycles. The van der Waals surface area contributed by atoms with Crippen LogP contribution in [0.15, 0.2) is 29.2 Å². The van der Waals surface area contributed by atoms with Crippen LogP contribution in [0.5, 0.6) is 0 Å². The van der Waals surface area contributed by atoms with E-state index in [0.717, 1.165) is 19.2 Å². The van der Waals surface area contributed by atoms with Crippen molar-refractivity contribution < 1.29 is 31.1 Å². The fraction of sp³-hybridized carbons (Fsp3) is 0.154. The number of alkyl halides is 3. The number of anilines is 1. The maximum atomic E-state index is 12.8. The third kappa shape index (κ3) is 4.34. The molecule has 2 aromatic rings. The highest BCUT2D eigenvalue weighted by Crippen LogP contribution is 2.38. The maximum Gasteiger partial charge on any atom is 0.422 e. The summed E-state index contributed by atoms with van der Waals surface area (Å²) >= 11 is 10.9. The van der Waals surface area contributed by atoms with E-state index in [4.69, 9.17) is 23.2 Å².